The van der Waals surface area contributed by atoms with Crippen LogP contribution in [0, 0.1) is 5.92 Å². The van der Waals surface area contributed by atoms with Crippen molar-refractivity contribution >= 4 is 23.2 Å². The van der Waals surface area contributed by atoms with Crippen LogP contribution < -0.4 is 10.5 Å². The minimum atomic E-state index is -0.0943. The molecule has 2 N–H and O–H groups in total. The van der Waals surface area contributed by atoms with Gasteiger partial charge in [0.2, 0.25) is 0 Å². The molecule has 0 aliphatic carbocycles. The highest BCUT2D eigenvalue weighted by Crippen LogP contribution is 2.31. The van der Waals surface area contributed by atoms with Crippen LogP contribution in [0.4, 0.5) is 5.69 Å². The predicted octanol–water partition coefficient (Wildman–Crippen LogP) is 2.06. The zero-order valence-electron chi connectivity index (χ0n) is 13.5. The molecule has 7 heteroatoms. The molecule has 1 atom stereocenters. The highest BCUT2D eigenvalue weighted by Gasteiger charge is 2.29. The molecule has 1 aliphatic heterocycles. The van der Waals surface area contributed by atoms with E-state index in [1.54, 1.807) is 24.1 Å². The summed E-state index contributed by atoms with van der Waals surface area (Å²) in [5.41, 5.74) is 6.59. The number of rotatable bonds is 7. The molecule has 0 bridgehead atoms. The fraction of sp³-hybridized carbons (Fsp3) is 0.562. The quantitative estimate of drug-likeness (QED) is 0.606. The zero-order chi connectivity index (χ0) is 16.8. The first-order valence-corrected chi connectivity index (χ1v) is 7.93. The molecule has 2 rings (SSSR count). The fourth-order valence-corrected chi connectivity index (χ4v) is 2.78. The molecule has 0 spiro atoms. The van der Waals surface area contributed by atoms with Gasteiger partial charge in [0.05, 0.1) is 43.2 Å². The van der Waals surface area contributed by atoms with Gasteiger partial charge in [-0.1, -0.05) is 11.6 Å². The molecular formula is C16H23ClN2O4. The van der Waals surface area contributed by atoms with Crippen molar-refractivity contribution in [3.05, 3.63) is 22.7 Å². The Morgan fingerprint density at radius 1 is 1.39 bits per heavy atom. The lowest BCUT2D eigenvalue weighted by Crippen LogP contribution is -2.29. The summed E-state index contributed by atoms with van der Waals surface area (Å²) in [5.74, 6) is 0.686. The predicted molar refractivity (Wildman–Crippen MR) is 89.1 cm³/mol. The first kappa shape index (κ1) is 17.8. The van der Waals surface area contributed by atoms with Crippen molar-refractivity contribution in [3.8, 4) is 5.75 Å². The van der Waals surface area contributed by atoms with E-state index < -0.39 is 0 Å². The van der Waals surface area contributed by atoms with Crippen molar-refractivity contribution in [3.63, 3.8) is 0 Å². The smallest absolute Gasteiger partial charge is 0.257 e. The average molecular weight is 343 g/mol. The van der Waals surface area contributed by atoms with E-state index in [-0.39, 0.29) is 5.91 Å². The lowest BCUT2D eigenvalue weighted by atomic mass is 10.1. The number of likely N-dealkylation sites (tertiary alicyclic amines) is 1. The molecule has 1 aliphatic rings. The van der Waals surface area contributed by atoms with Gasteiger partial charge in [-0.25, -0.2) is 0 Å². The lowest BCUT2D eigenvalue weighted by Gasteiger charge is -2.19. The van der Waals surface area contributed by atoms with Crippen molar-refractivity contribution in [2.24, 2.45) is 5.92 Å². The molecule has 1 unspecified atom stereocenters. The Hall–Kier alpha value is -1.50. The number of nitrogens with two attached hydrogens (primary N) is 1. The van der Waals surface area contributed by atoms with Crippen LogP contribution in [0.1, 0.15) is 16.8 Å². The maximum absolute atomic E-state index is 12.7. The maximum Gasteiger partial charge on any atom is 0.257 e. The SMILES string of the molecule is COCCOCC1CCN(C(=O)c2cc(Cl)c(N)cc2OC)C1. The summed E-state index contributed by atoms with van der Waals surface area (Å²) < 4.78 is 15.7. The maximum atomic E-state index is 12.7. The molecule has 23 heavy (non-hydrogen) atoms. The van der Waals surface area contributed by atoms with Gasteiger partial charge in [0.25, 0.3) is 5.91 Å². The standard InChI is InChI=1S/C16H23ClN2O4/c1-21-5-6-23-10-11-3-4-19(9-11)16(20)12-7-13(17)14(18)8-15(12)22-2/h7-8,11H,3-6,9-10,18H2,1-2H3. The molecule has 1 saturated heterocycles. The number of anilines is 1. The molecule has 128 valence electrons. The van der Waals surface area contributed by atoms with Gasteiger partial charge in [-0.05, 0) is 12.5 Å². The summed E-state index contributed by atoms with van der Waals surface area (Å²) in [5, 5.41) is 0.354. The number of hydrogen-bond acceptors (Lipinski definition) is 5. The van der Waals surface area contributed by atoms with Crippen molar-refractivity contribution < 1.29 is 19.0 Å². The van der Waals surface area contributed by atoms with E-state index in [9.17, 15) is 4.79 Å². The van der Waals surface area contributed by atoms with Gasteiger partial charge in [-0.3, -0.25) is 4.79 Å². The van der Waals surface area contributed by atoms with Crippen molar-refractivity contribution in [1.82, 2.24) is 4.90 Å². The monoisotopic (exact) mass is 342 g/mol. The number of halogens is 1. The first-order valence-electron chi connectivity index (χ1n) is 7.55. The number of carbonyl (C=O) groups is 1. The fourth-order valence-electron chi connectivity index (χ4n) is 2.62. The van der Waals surface area contributed by atoms with Crippen LogP contribution in [0.15, 0.2) is 12.1 Å². The van der Waals surface area contributed by atoms with Gasteiger partial charge in [0.15, 0.2) is 0 Å². The number of carbonyl (C=O) groups excluding carboxylic acids is 1. The number of amides is 1. The van der Waals surface area contributed by atoms with Gasteiger partial charge in [0, 0.05) is 32.2 Å². The summed E-state index contributed by atoms with van der Waals surface area (Å²) in [7, 11) is 3.15. The molecule has 1 amide bonds. The third-order valence-electron chi connectivity index (χ3n) is 3.91. The molecule has 0 radical (unpaired) electrons. The largest absolute Gasteiger partial charge is 0.496 e. The number of hydrogen-bond donors (Lipinski definition) is 1. The Kier molecular flexibility index (Phi) is 6.50. The van der Waals surface area contributed by atoms with Crippen LogP contribution >= 0.6 is 11.6 Å². The molecule has 1 heterocycles. The molecule has 0 aromatic heterocycles. The van der Waals surface area contributed by atoms with Gasteiger partial charge >= 0.3 is 0 Å². The van der Waals surface area contributed by atoms with Crippen LogP contribution in [-0.4, -0.2) is 57.9 Å². The highest BCUT2D eigenvalue weighted by atomic mass is 35.5. The van der Waals surface area contributed by atoms with Crippen molar-refractivity contribution in [1.29, 1.82) is 0 Å². The number of nitrogens with zero attached hydrogens (tertiary/aromatic N) is 1. The highest BCUT2D eigenvalue weighted by molar-refractivity contribution is 6.33. The summed E-state index contributed by atoms with van der Waals surface area (Å²) in [6.45, 7) is 3.14. The van der Waals surface area contributed by atoms with E-state index in [1.807, 2.05) is 0 Å². The summed E-state index contributed by atoms with van der Waals surface area (Å²) in [6.07, 6.45) is 0.920. The van der Waals surface area contributed by atoms with Crippen LogP contribution in [0.25, 0.3) is 0 Å². The molecule has 1 fully saturated rings. The number of ether oxygens (including phenoxy) is 3. The van der Waals surface area contributed by atoms with Gasteiger partial charge < -0.3 is 24.8 Å². The summed E-state index contributed by atoms with van der Waals surface area (Å²) in [6, 6.07) is 3.15. The molecule has 6 nitrogen and oxygen atoms in total. The second-order valence-corrected chi connectivity index (χ2v) is 5.95. The molecule has 0 saturated carbocycles. The second-order valence-electron chi connectivity index (χ2n) is 5.55. The molecular weight excluding hydrogens is 320 g/mol. The minimum Gasteiger partial charge on any atom is -0.496 e. The van der Waals surface area contributed by atoms with Crippen LogP contribution in [0.5, 0.6) is 5.75 Å². The third-order valence-corrected chi connectivity index (χ3v) is 4.23. The van der Waals surface area contributed by atoms with E-state index in [2.05, 4.69) is 0 Å². The second kappa shape index (κ2) is 8.38. The van der Waals surface area contributed by atoms with Gasteiger partial charge in [-0.2, -0.15) is 0 Å². The van der Waals surface area contributed by atoms with Gasteiger partial charge in [-0.15, -0.1) is 0 Å². The zero-order valence-corrected chi connectivity index (χ0v) is 14.3. The topological polar surface area (TPSA) is 74.0 Å². The lowest BCUT2D eigenvalue weighted by molar-refractivity contribution is 0.0515. The minimum absolute atomic E-state index is 0.0943. The van der Waals surface area contributed by atoms with E-state index in [0.717, 1.165) is 6.42 Å². The Bertz CT molecular complexity index is 553. The first-order chi connectivity index (χ1) is 11.1. The van der Waals surface area contributed by atoms with Crippen LogP contribution in [0.2, 0.25) is 5.02 Å². The summed E-state index contributed by atoms with van der Waals surface area (Å²) >= 11 is 6.04. The summed E-state index contributed by atoms with van der Waals surface area (Å²) in [4.78, 5) is 14.5. The van der Waals surface area contributed by atoms with Crippen LogP contribution in [0.3, 0.4) is 0 Å². The average Bonchev–Trinajstić information content (AvgIpc) is 3.02. The van der Waals surface area contributed by atoms with Crippen molar-refractivity contribution in [2.75, 3.05) is 52.9 Å². The molecule has 1 aromatic carbocycles. The molecule has 1 aromatic rings. The Morgan fingerprint density at radius 2 is 2.17 bits per heavy atom. The Labute approximate surface area is 141 Å². The van der Waals surface area contributed by atoms with Crippen molar-refractivity contribution in [2.45, 2.75) is 6.42 Å². The Balaban J connectivity index is 1.98. The van der Waals surface area contributed by atoms with E-state index in [0.29, 0.717) is 60.9 Å². The van der Waals surface area contributed by atoms with Crippen LogP contribution in [-0.2, 0) is 9.47 Å². The third kappa shape index (κ3) is 4.50. The normalized spacial score (nSPS) is 17.5. The number of benzene rings is 1. The Morgan fingerprint density at radius 3 is 2.87 bits per heavy atom. The van der Waals surface area contributed by atoms with E-state index in [1.165, 1.54) is 7.11 Å². The van der Waals surface area contributed by atoms with E-state index >= 15 is 0 Å². The van der Waals surface area contributed by atoms with E-state index in [4.69, 9.17) is 31.5 Å². The number of nitrogen functional groups attached to an aromatic ring is 1. The number of methoxy groups -OCH3 is 2. The van der Waals surface area contributed by atoms with Gasteiger partial charge in [0.1, 0.15) is 5.75 Å².